The van der Waals surface area contributed by atoms with E-state index in [1.54, 1.807) is 6.92 Å². The maximum Gasteiger partial charge on any atom is 0.341 e. The van der Waals surface area contributed by atoms with Gasteiger partial charge < -0.3 is 15.2 Å². The number of aryl methyl sites for hydroxylation is 1. The van der Waals surface area contributed by atoms with Crippen LogP contribution >= 0.6 is 0 Å². The molecular weight excluding hydrogens is 237 g/mol. The van der Waals surface area contributed by atoms with E-state index in [9.17, 15) is 9.18 Å². The number of nitrogen functional groups attached to an aromatic ring is 1. The fourth-order valence-corrected chi connectivity index (χ4v) is 1.46. The highest BCUT2D eigenvalue weighted by Crippen LogP contribution is 2.17. The van der Waals surface area contributed by atoms with Crippen molar-refractivity contribution in [2.75, 3.05) is 25.6 Å². The molecule has 0 aromatic heterocycles. The van der Waals surface area contributed by atoms with E-state index in [2.05, 4.69) is 0 Å². The molecular formula is C13H18FNO3. The molecule has 0 aliphatic rings. The van der Waals surface area contributed by atoms with Crippen molar-refractivity contribution < 1.29 is 18.7 Å². The van der Waals surface area contributed by atoms with Crippen molar-refractivity contribution in [1.29, 1.82) is 0 Å². The summed E-state index contributed by atoms with van der Waals surface area (Å²) in [5.41, 5.74) is 6.08. The van der Waals surface area contributed by atoms with E-state index in [-0.39, 0.29) is 12.2 Å². The van der Waals surface area contributed by atoms with Crippen molar-refractivity contribution >= 4 is 11.7 Å². The third-order valence-corrected chi connectivity index (χ3v) is 2.31. The maximum atomic E-state index is 13.7. The van der Waals surface area contributed by atoms with Crippen LogP contribution in [-0.4, -0.2) is 25.8 Å². The van der Waals surface area contributed by atoms with Crippen LogP contribution in [0.2, 0.25) is 0 Å². The molecule has 2 N–H and O–H groups in total. The Morgan fingerprint density at radius 2 is 2.06 bits per heavy atom. The van der Waals surface area contributed by atoms with Crippen molar-refractivity contribution in [3.63, 3.8) is 0 Å². The number of carbonyl (C=O) groups is 1. The second-order valence-corrected chi connectivity index (χ2v) is 3.95. The molecule has 1 aromatic rings. The summed E-state index contributed by atoms with van der Waals surface area (Å²) >= 11 is 0. The highest BCUT2D eigenvalue weighted by Gasteiger charge is 2.15. The van der Waals surface area contributed by atoms with Crippen molar-refractivity contribution in [2.24, 2.45) is 0 Å². The van der Waals surface area contributed by atoms with E-state index in [1.165, 1.54) is 12.1 Å². The molecule has 5 heteroatoms. The molecule has 0 saturated heterocycles. The zero-order valence-electron chi connectivity index (χ0n) is 10.7. The van der Waals surface area contributed by atoms with Gasteiger partial charge in [-0.2, -0.15) is 0 Å². The van der Waals surface area contributed by atoms with Gasteiger partial charge in [-0.05, 0) is 31.0 Å². The summed E-state index contributed by atoms with van der Waals surface area (Å²) in [5.74, 6) is -1.31. The third-order valence-electron chi connectivity index (χ3n) is 2.31. The number of ether oxygens (including phenoxy) is 2. The first-order valence-corrected chi connectivity index (χ1v) is 5.86. The second kappa shape index (κ2) is 6.96. The van der Waals surface area contributed by atoms with Crippen LogP contribution in [-0.2, 0) is 9.47 Å². The Hall–Kier alpha value is -1.62. The number of halogens is 1. The van der Waals surface area contributed by atoms with Crippen LogP contribution < -0.4 is 5.73 Å². The zero-order valence-corrected chi connectivity index (χ0v) is 10.7. The second-order valence-electron chi connectivity index (χ2n) is 3.95. The van der Waals surface area contributed by atoms with E-state index < -0.39 is 11.8 Å². The largest absolute Gasteiger partial charge is 0.460 e. The van der Waals surface area contributed by atoms with Gasteiger partial charge in [-0.1, -0.05) is 6.92 Å². The predicted octanol–water partition coefficient (Wildman–Crippen LogP) is 2.30. The maximum absolute atomic E-state index is 13.7. The highest BCUT2D eigenvalue weighted by atomic mass is 19.1. The summed E-state index contributed by atoms with van der Waals surface area (Å²) in [5, 5.41) is 0. The molecule has 1 rings (SSSR count). The average Bonchev–Trinajstić information content (AvgIpc) is 2.33. The number of carbonyl (C=O) groups excluding carboxylic acids is 1. The smallest absolute Gasteiger partial charge is 0.341 e. The lowest BCUT2D eigenvalue weighted by atomic mass is 10.1. The molecule has 0 atom stereocenters. The molecule has 0 amide bonds. The van der Waals surface area contributed by atoms with Gasteiger partial charge in [0.05, 0.1) is 12.2 Å². The SMILES string of the molecule is CCCOCCOC(=O)c1cc(N)cc(C)c1F. The van der Waals surface area contributed by atoms with Crippen LogP contribution in [0.5, 0.6) is 0 Å². The summed E-state index contributed by atoms with van der Waals surface area (Å²) < 4.78 is 23.7. The first-order valence-electron chi connectivity index (χ1n) is 5.86. The van der Waals surface area contributed by atoms with Gasteiger partial charge in [0, 0.05) is 12.3 Å². The molecule has 0 aliphatic heterocycles. The molecule has 100 valence electrons. The summed E-state index contributed by atoms with van der Waals surface area (Å²) in [4.78, 5) is 11.6. The number of esters is 1. The third kappa shape index (κ3) is 4.00. The van der Waals surface area contributed by atoms with Crippen molar-refractivity contribution in [3.05, 3.63) is 29.1 Å². The molecule has 0 heterocycles. The molecule has 0 spiro atoms. The van der Waals surface area contributed by atoms with E-state index in [1.807, 2.05) is 6.92 Å². The van der Waals surface area contributed by atoms with Crippen LogP contribution in [0, 0.1) is 12.7 Å². The lowest BCUT2D eigenvalue weighted by Gasteiger charge is -2.08. The molecule has 4 nitrogen and oxygen atoms in total. The summed E-state index contributed by atoms with van der Waals surface area (Å²) in [6.45, 7) is 4.56. The van der Waals surface area contributed by atoms with Gasteiger partial charge in [-0.3, -0.25) is 0 Å². The van der Waals surface area contributed by atoms with Crippen LogP contribution in [0.25, 0.3) is 0 Å². The molecule has 18 heavy (non-hydrogen) atoms. The number of nitrogens with two attached hydrogens (primary N) is 1. The fraction of sp³-hybridized carbons (Fsp3) is 0.462. The number of hydrogen-bond acceptors (Lipinski definition) is 4. The average molecular weight is 255 g/mol. The quantitative estimate of drug-likeness (QED) is 0.481. The minimum atomic E-state index is -0.719. The minimum Gasteiger partial charge on any atom is -0.460 e. The first kappa shape index (κ1) is 14.4. The Morgan fingerprint density at radius 1 is 1.33 bits per heavy atom. The lowest BCUT2D eigenvalue weighted by Crippen LogP contribution is -2.13. The summed E-state index contributed by atoms with van der Waals surface area (Å²) in [6, 6.07) is 2.74. The van der Waals surface area contributed by atoms with E-state index in [0.29, 0.717) is 24.5 Å². The molecule has 1 aromatic carbocycles. The van der Waals surface area contributed by atoms with Gasteiger partial charge in [0.15, 0.2) is 0 Å². The standard InChI is InChI=1S/C13H18FNO3/c1-3-4-17-5-6-18-13(16)11-8-10(15)7-9(2)12(11)14/h7-8H,3-6,15H2,1-2H3. The van der Waals surface area contributed by atoms with Crippen LogP contribution in [0.1, 0.15) is 29.3 Å². The Morgan fingerprint density at radius 3 is 2.72 bits per heavy atom. The minimum absolute atomic E-state index is 0.103. The van der Waals surface area contributed by atoms with Gasteiger partial charge in [0.1, 0.15) is 12.4 Å². The van der Waals surface area contributed by atoms with E-state index in [0.717, 1.165) is 6.42 Å². The number of hydrogen-bond donors (Lipinski definition) is 1. The topological polar surface area (TPSA) is 61.5 Å². The Balaban J connectivity index is 2.56. The molecule has 0 unspecified atom stereocenters. The van der Waals surface area contributed by atoms with E-state index >= 15 is 0 Å². The summed E-state index contributed by atoms with van der Waals surface area (Å²) in [7, 11) is 0. The van der Waals surface area contributed by atoms with Gasteiger partial charge in [-0.15, -0.1) is 0 Å². The van der Waals surface area contributed by atoms with Crippen LogP contribution in [0.3, 0.4) is 0 Å². The normalized spacial score (nSPS) is 10.4. The Bertz CT molecular complexity index is 421. The van der Waals surface area contributed by atoms with Gasteiger partial charge >= 0.3 is 5.97 Å². The molecule has 0 saturated carbocycles. The van der Waals surface area contributed by atoms with Gasteiger partial charge in [0.2, 0.25) is 0 Å². The zero-order chi connectivity index (χ0) is 13.5. The van der Waals surface area contributed by atoms with Crippen molar-refractivity contribution in [1.82, 2.24) is 0 Å². The Labute approximate surface area is 106 Å². The number of rotatable bonds is 6. The molecule has 0 fully saturated rings. The number of anilines is 1. The first-order chi connectivity index (χ1) is 8.56. The monoisotopic (exact) mass is 255 g/mol. The molecule has 0 aliphatic carbocycles. The fourth-order valence-electron chi connectivity index (χ4n) is 1.46. The van der Waals surface area contributed by atoms with Gasteiger partial charge in [-0.25, -0.2) is 9.18 Å². The van der Waals surface area contributed by atoms with Crippen LogP contribution in [0.4, 0.5) is 10.1 Å². The van der Waals surface area contributed by atoms with Crippen molar-refractivity contribution in [3.8, 4) is 0 Å². The lowest BCUT2D eigenvalue weighted by molar-refractivity contribution is 0.0314. The van der Waals surface area contributed by atoms with Crippen LogP contribution in [0.15, 0.2) is 12.1 Å². The predicted molar refractivity (Wildman–Crippen MR) is 66.9 cm³/mol. The molecule has 0 radical (unpaired) electrons. The highest BCUT2D eigenvalue weighted by molar-refractivity contribution is 5.91. The van der Waals surface area contributed by atoms with Crippen molar-refractivity contribution in [2.45, 2.75) is 20.3 Å². The van der Waals surface area contributed by atoms with E-state index in [4.69, 9.17) is 15.2 Å². The number of benzene rings is 1. The Kier molecular flexibility index (Phi) is 5.58. The van der Waals surface area contributed by atoms with Gasteiger partial charge in [0.25, 0.3) is 0 Å². The summed E-state index contributed by atoms with van der Waals surface area (Å²) in [6.07, 6.45) is 0.900. The molecule has 0 bridgehead atoms.